The second-order valence-electron chi connectivity index (χ2n) is 7.76. The summed E-state index contributed by atoms with van der Waals surface area (Å²) in [5, 5.41) is 4.95. The van der Waals surface area contributed by atoms with Crippen molar-refractivity contribution in [2.24, 2.45) is 0 Å². The number of hydrogen-bond donors (Lipinski definition) is 1. The minimum absolute atomic E-state index is 0.218. The van der Waals surface area contributed by atoms with Crippen LogP contribution in [0.5, 0.6) is 5.75 Å². The van der Waals surface area contributed by atoms with Crippen LogP contribution in [0.4, 0.5) is 5.13 Å². The Hall–Kier alpha value is -2.49. The van der Waals surface area contributed by atoms with E-state index in [0.29, 0.717) is 42.6 Å². The lowest BCUT2D eigenvalue weighted by Crippen LogP contribution is -2.37. The first kappa shape index (κ1) is 20.4. The number of carbonyl (C=O) groups is 1. The number of benzene rings is 2. The van der Waals surface area contributed by atoms with Gasteiger partial charge >= 0.3 is 0 Å². The quantitative estimate of drug-likeness (QED) is 0.608. The summed E-state index contributed by atoms with van der Waals surface area (Å²) in [5.41, 5.74) is 1.34. The van der Waals surface area contributed by atoms with E-state index in [2.05, 4.69) is 10.3 Å². The molecule has 0 spiro atoms. The van der Waals surface area contributed by atoms with Gasteiger partial charge in [-0.1, -0.05) is 30.3 Å². The molecule has 0 radical (unpaired) electrons. The normalized spacial score (nSPS) is 16.8. The van der Waals surface area contributed by atoms with Crippen molar-refractivity contribution >= 4 is 43.2 Å². The van der Waals surface area contributed by atoms with Crippen molar-refractivity contribution in [3.8, 4) is 5.75 Å². The molecule has 3 aromatic rings. The average molecular weight is 458 g/mol. The van der Waals surface area contributed by atoms with Gasteiger partial charge in [0.1, 0.15) is 5.75 Å². The van der Waals surface area contributed by atoms with Crippen LogP contribution in [0.3, 0.4) is 0 Å². The Morgan fingerprint density at radius 2 is 2.06 bits per heavy atom. The number of rotatable bonds is 6. The molecule has 1 aliphatic carbocycles. The maximum Gasteiger partial charge on any atom is 0.261 e. The van der Waals surface area contributed by atoms with E-state index in [-0.39, 0.29) is 11.2 Å². The van der Waals surface area contributed by atoms with Crippen molar-refractivity contribution in [1.82, 2.24) is 9.29 Å². The third-order valence-electron chi connectivity index (χ3n) is 5.64. The highest BCUT2D eigenvalue weighted by Gasteiger charge is 2.41. The molecule has 0 unspecified atom stereocenters. The molecule has 0 atom stereocenters. The fourth-order valence-electron chi connectivity index (χ4n) is 3.94. The number of anilines is 1. The van der Waals surface area contributed by atoms with Crippen molar-refractivity contribution in [2.75, 3.05) is 18.5 Å². The largest absolute Gasteiger partial charge is 0.493 e. The van der Waals surface area contributed by atoms with E-state index in [1.165, 1.54) is 11.3 Å². The van der Waals surface area contributed by atoms with E-state index in [1.807, 2.05) is 43.3 Å². The maximum absolute atomic E-state index is 13.2. The fraction of sp³-hybridized carbons (Fsp3) is 0.364. The van der Waals surface area contributed by atoms with E-state index in [1.54, 1.807) is 4.31 Å². The van der Waals surface area contributed by atoms with Crippen molar-refractivity contribution in [1.29, 1.82) is 0 Å². The summed E-state index contributed by atoms with van der Waals surface area (Å²) in [6, 6.07) is 11.4. The number of sulfonamides is 1. The van der Waals surface area contributed by atoms with Gasteiger partial charge in [-0.25, -0.2) is 13.4 Å². The highest BCUT2D eigenvalue weighted by atomic mass is 32.2. The Morgan fingerprint density at radius 3 is 2.84 bits per heavy atom. The van der Waals surface area contributed by atoms with Crippen LogP contribution in [0.25, 0.3) is 10.8 Å². The summed E-state index contributed by atoms with van der Waals surface area (Å²) in [7, 11) is -3.22. The average Bonchev–Trinajstić information content (AvgIpc) is 3.54. The number of nitrogens with one attached hydrogen (secondary N) is 1. The van der Waals surface area contributed by atoms with E-state index in [4.69, 9.17) is 4.74 Å². The zero-order valence-electron chi connectivity index (χ0n) is 17.1. The zero-order chi connectivity index (χ0) is 21.6. The molecule has 1 fully saturated rings. The summed E-state index contributed by atoms with van der Waals surface area (Å²) < 4.78 is 32.4. The zero-order valence-corrected chi connectivity index (χ0v) is 18.8. The van der Waals surface area contributed by atoms with Crippen LogP contribution in [0.15, 0.2) is 36.4 Å². The molecule has 1 aromatic heterocycles. The van der Waals surface area contributed by atoms with Crippen LogP contribution in [0.1, 0.15) is 40.7 Å². The summed E-state index contributed by atoms with van der Waals surface area (Å²) in [6.07, 6.45) is 2.07. The van der Waals surface area contributed by atoms with Gasteiger partial charge in [-0.05, 0) is 36.6 Å². The number of thiazole rings is 1. The van der Waals surface area contributed by atoms with Crippen molar-refractivity contribution in [2.45, 2.75) is 38.0 Å². The number of ether oxygens (including phenoxy) is 1. The highest BCUT2D eigenvalue weighted by molar-refractivity contribution is 7.90. The topological polar surface area (TPSA) is 88.6 Å². The second kappa shape index (κ2) is 7.89. The number of amides is 1. The molecule has 7 nitrogen and oxygen atoms in total. The Balaban J connectivity index is 1.41. The smallest absolute Gasteiger partial charge is 0.261 e. The van der Waals surface area contributed by atoms with Crippen molar-refractivity contribution in [3.05, 3.63) is 52.5 Å². The van der Waals surface area contributed by atoms with E-state index in [0.717, 1.165) is 34.2 Å². The van der Waals surface area contributed by atoms with Crippen LogP contribution in [0.2, 0.25) is 0 Å². The van der Waals surface area contributed by atoms with E-state index < -0.39 is 10.0 Å². The van der Waals surface area contributed by atoms with E-state index >= 15 is 0 Å². The minimum Gasteiger partial charge on any atom is -0.493 e. The fourth-order valence-corrected chi connectivity index (χ4v) is 6.85. The van der Waals surface area contributed by atoms with Gasteiger partial charge in [-0.15, -0.1) is 11.3 Å². The molecule has 9 heteroatoms. The molecule has 2 aliphatic rings. The number of fused-ring (bicyclic) bond motifs is 2. The van der Waals surface area contributed by atoms with Crippen LogP contribution >= 0.6 is 11.3 Å². The minimum atomic E-state index is -3.22. The molecular weight excluding hydrogens is 434 g/mol. The molecule has 0 saturated heterocycles. The van der Waals surface area contributed by atoms with Crippen molar-refractivity contribution < 1.29 is 17.9 Å². The lowest BCUT2D eigenvalue weighted by molar-refractivity contribution is 0.102. The standard InChI is InChI=1S/C22H23N3O4S2/c1-2-29-18-10-7-14-5-3-4-6-16(14)20(18)21(26)24-22-23-17-11-12-25(13-19(17)30-22)31(27,28)15-8-9-15/h3-7,10,15H,2,8-9,11-13H2,1H3,(H,23,24,26). The maximum atomic E-state index is 13.2. The second-order valence-corrected chi connectivity index (χ2v) is 11.1. The van der Waals surface area contributed by atoms with Crippen LogP contribution in [0, 0.1) is 0 Å². The third kappa shape index (κ3) is 3.81. The number of nitrogens with zero attached hydrogens (tertiary/aromatic N) is 2. The van der Waals surface area contributed by atoms with Gasteiger partial charge in [0, 0.05) is 24.4 Å². The molecular formula is C22H23N3O4S2. The molecule has 2 aromatic carbocycles. The van der Waals surface area contributed by atoms with Crippen LogP contribution in [-0.4, -0.2) is 42.0 Å². The molecule has 5 rings (SSSR count). The van der Waals surface area contributed by atoms with Crippen LogP contribution < -0.4 is 10.1 Å². The SMILES string of the molecule is CCOc1ccc2ccccc2c1C(=O)Nc1nc2c(s1)CN(S(=O)(=O)C1CC1)CC2. The van der Waals surface area contributed by atoms with Gasteiger partial charge in [0.2, 0.25) is 10.0 Å². The molecule has 1 amide bonds. The molecule has 1 saturated carbocycles. The first-order valence-electron chi connectivity index (χ1n) is 10.4. The van der Waals surface area contributed by atoms with Gasteiger partial charge in [-0.2, -0.15) is 4.31 Å². The lowest BCUT2D eigenvalue weighted by atomic mass is 10.0. The van der Waals surface area contributed by atoms with Crippen LogP contribution in [-0.2, 0) is 23.0 Å². The summed E-state index contributed by atoms with van der Waals surface area (Å²) >= 11 is 1.34. The van der Waals surface area contributed by atoms with Gasteiger partial charge < -0.3 is 4.74 Å². The Bertz CT molecular complexity index is 1260. The third-order valence-corrected chi connectivity index (χ3v) is 8.98. The van der Waals surface area contributed by atoms with Gasteiger partial charge in [0.15, 0.2) is 5.13 Å². The monoisotopic (exact) mass is 457 g/mol. The van der Waals surface area contributed by atoms with Gasteiger partial charge in [0.25, 0.3) is 5.91 Å². The predicted octanol–water partition coefficient (Wildman–Crippen LogP) is 3.80. The Labute approximate surface area is 185 Å². The molecule has 162 valence electrons. The van der Waals surface area contributed by atoms with E-state index in [9.17, 15) is 13.2 Å². The summed E-state index contributed by atoms with van der Waals surface area (Å²) in [6.45, 7) is 3.11. The first-order valence-corrected chi connectivity index (χ1v) is 12.7. The van der Waals surface area contributed by atoms with Gasteiger partial charge in [-0.3, -0.25) is 10.1 Å². The predicted molar refractivity (Wildman–Crippen MR) is 121 cm³/mol. The highest BCUT2D eigenvalue weighted by Crippen LogP contribution is 2.36. The lowest BCUT2D eigenvalue weighted by Gasteiger charge is -2.25. The summed E-state index contributed by atoms with van der Waals surface area (Å²) in [4.78, 5) is 18.7. The molecule has 1 aliphatic heterocycles. The van der Waals surface area contributed by atoms with Gasteiger partial charge in [0.05, 0.1) is 23.1 Å². The number of carbonyl (C=O) groups excluding carboxylic acids is 1. The number of hydrogen-bond acceptors (Lipinski definition) is 6. The van der Waals surface area contributed by atoms with Crippen molar-refractivity contribution in [3.63, 3.8) is 0 Å². The Kier molecular flexibility index (Phi) is 5.19. The molecule has 1 N–H and O–H groups in total. The molecule has 0 bridgehead atoms. The molecule has 2 heterocycles. The first-order chi connectivity index (χ1) is 15.0. The Morgan fingerprint density at radius 1 is 1.26 bits per heavy atom. The summed E-state index contributed by atoms with van der Waals surface area (Å²) in [5.74, 6) is 0.246. The number of aromatic nitrogens is 1. The molecule has 31 heavy (non-hydrogen) atoms.